The first-order valence-electron chi connectivity index (χ1n) is 8.27. The molecule has 24 heavy (non-hydrogen) atoms. The molecule has 116 valence electrons. The number of aromatic nitrogens is 1. The van der Waals surface area contributed by atoms with Crippen LogP contribution in [0.25, 0.3) is 32.8 Å². The highest BCUT2D eigenvalue weighted by Crippen LogP contribution is 2.48. The van der Waals surface area contributed by atoms with Crippen LogP contribution in [0.4, 0.5) is 0 Å². The van der Waals surface area contributed by atoms with E-state index in [9.17, 15) is 0 Å². The molecule has 0 unspecified atom stereocenters. The number of nitrogens with zero attached hydrogens (tertiary/aromatic N) is 1. The Morgan fingerprint density at radius 2 is 1.79 bits per heavy atom. The fraction of sp³-hybridized carbons (Fsp3) is 0.136. The van der Waals surface area contributed by atoms with E-state index < -0.39 is 0 Å². The minimum atomic E-state index is 0.951. The Morgan fingerprint density at radius 1 is 0.917 bits per heavy atom. The molecule has 1 aliphatic rings. The van der Waals surface area contributed by atoms with E-state index in [-0.39, 0.29) is 0 Å². The topological polar surface area (TPSA) is 13.1 Å². The zero-order chi connectivity index (χ0) is 16.4. The van der Waals surface area contributed by atoms with Crippen molar-refractivity contribution in [3.05, 3.63) is 65.9 Å². The first-order chi connectivity index (χ1) is 11.6. The number of fused-ring (bicyclic) bond motifs is 4. The van der Waals surface area contributed by atoms with Gasteiger partial charge in [-0.15, -0.1) is 0 Å². The summed E-state index contributed by atoms with van der Waals surface area (Å²) in [7, 11) is 2.11. The second kappa shape index (κ2) is 4.57. The highest BCUT2D eigenvalue weighted by Gasteiger charge is 2.30. The molecule has 4 aromatic rings. The molecule has 0 amide bonds. The van der Waals surface area contributed by atoms with Crippen molar-refractivity contribution in [3.63, 3.8) is 0 Å². The Morgan fingerprint density at radius 3 is 2.67 bits per heavy atom. The molecule has 2 heterocycles. The van der Waals surface area contributed by atoms with Crippen LogP contribution in [0, 0.1) is 13.8 Å². The van der Waals surface area contributed by atoms with Gasteiger partial charge >= 0.3 is 0 Å². The lowest BCUT2D eigenvalue weighted by Crippen LogP contribution is -2.32. The van der Waals surface area contributed by atoms with Crippen molar-refractivity contribution in [2.75, 3.05) is 0 Å². The lowest BCUT2D eigenvalue weighted by Gasteiger charge is -2.21. The van der Waals surface area contributed by atoms with Gasteiger partial charge in [0.25, 0.3) is 5.69 Å². The molecule has 0 radical (unpaired) electrons. The molecule has 0 saturated carbocycles. The summed E-state index contributed by atoms with van der Waals surface area (Å²) in [5.74, 6) is 1.91. The summed E-state index contributed by atoms with van der Waals surface area (Å²) in [5.41, 5.74) is 4.99. The number of rotatable bonds is 0. The first-order valence-corrected chi connectivity index (χ1v) is 8.27. The number of hydrogen-bond acceptors (Lipinski definition) is 1. The van der Waals surface area contributed by atoms with E-state index in [0.29, 0.717) is 0 Å². The molecule has 0 aliphatic carbocycles. The molecule has 0 saturated heterocycles. The largest absolute Gasteiger partial charge is 0.449 e. The molecule has 1 aromatic heterocycles. The first kappa shape index (κ1) is 13.6. The molecule has 2 heteroatoms. The number of aryl methyl sites for hydroxylation is 3. The predicted octanol–water partition coefficient (Wildman–Crippen LogP) is 5.21. The Bertz CT molecular complexity index is 1160. The zero-order valence-electron chi connectivity index (χ0n) is 14.1. The molecule has 0 N–H and O–H groups in total. The van der Waals surface area contributed by atoms with E-state index in [0.717, 1.165) is 17.2 Å². The van der Waals surface area contributed by atoms with Gasteiger partial charge in [0.05, 0.1) is 5.56 Å². The molecular formula is C22H18NO+. The predicted molar refractivity (Wildman–Crippen MR) is 97.6 cm³/mol. The number of ether oxygens (including phenoxy) is 1. The molecule has 1 aliphatic heterocycles. The molecule has 5 rings (SSSR count). The van der Waals surface area contributed by atoms with Crippen LogP contribution in [-0.2, 0) is 7.05 Å². The van der Waals surface area contributed by atoms with Gasteiger partial charge in [0, 0.05) is 16.2 Å². The molecule has 0 fully saturated rings. The van der Waals surface area contributed by atoms with Crippen molar-refractivity contribution in [1.29, 1.82) is 0 Å². The van der Waals surface area contributed by atoms with E-state index in [2.05, 4.69) is 80.2 Å². The van der Waals surface area contributed by atoms with Gasteiger partial charge in [-0.3, -0.25) is 0 Å². The Kier molecular flexibility index (Phi) is 2.58. The molecule has 0 spiro atoms. The van der Waals surface area contributed by atoms with Crippen molar-refractivity contribution in [3.8, 4) is 22.8 Å². The zero-order valence-corrected chi connectivity index (χ0v) is 14.1. The van der Waals surface area contributed by atoms with E-state index in [1.807, 2.05) is 0 Å². The Hall–Kier alpha value is -2.87. The summed E-state index contributed by atoms with van der Waals surface area (Å²) >= 11 is 0. The SMILES string of the molecule is Cc1ccc2c3c([n+](C)cc2c1)-c1c(C)ccc2cccc(c12)O3. The average Bonchev–Trinajstić information content (AvgIpc) is 2.57. The van der Waals surface area contributed by atoms with Crippen LogP contribution in [0.15, 0.2) is 54.7 Å². The van der Waals surface area contributed by atoms with Crippen LogP contribution < -0.4 is 9.30 Å². The van der Waals surface area contributed by atoms with Crippen LogP contribution in [0.5, 0.6) is 11.5 Å². The van der Waals surface area contributed by atoms with Gasteiger partial charge in [-0.1, -0.05) is 35.9 Å². The maximum atomic E-state index is 6.42. The van der Waals surface area contributed by atoms with Crippen molar-refractivity contribution in [2.45, 2.75) is 13.8 Å². The number of benzene rings is 3. The maximum Gasteiger partial charge on any atom is 0.257 e. The van der Waals surface area contributed by atoms with Crippen LogP contribution in [0.3, 0.4) is 0 Å². The number of hydrogen-bond donors (Lipinski definition) is 0. The van der Waals surface area contributed by atoms with Crippen molar-refractivity contribution >= 4 is 21.5 Å². The third-order valence-electron chi connectivity index (χ3n) is 5.02. The summed E-state index contributed by atoms with van der Waals surface area (Å²) in [4.78, 5) is 0. The molecule has 2 nitrogen and oxygen atoms in total. The number of pyridine rings is 1. The third-order valence-corrected chi connectivity index (χ3v) is 5.02. The normalized spacial score (nSPS) is 12.3. The minimum absolute atomic E-state index is 0.951. The van der Waals surface area contributed by atoms with E-state index >= 15 is 0 Å². The fourth-order valence-corrected chi connectivity index (χ4v) is 3.90. The van der Waals surface area contributed by atoms with Gasteiger partial charge in [-0.25, -0.2) is 0 Å². The summed E-state index contributed by atoms with van der Waals surface area (Å²) in [5, 5.41) is 4.81. The molecular weight excluding hydrogens is 294 g/mol. The molecule has 0 bridgehead atoms. The summed E-state index contributed by atoms with van der Waals surface area (Å²) in [6, 6.07) is 17.2. The maximum absolute atomic E-state index is 6.42. The highest BCUT2D eigenvalue weighted by atomic mass is 16.5. The van der Waals surface area contributed by atoms with Gasteiger partial charge in [0.15, 0.2) is 6.20 Å². The summed E-state index contributed by atoms with van der Waals surface area (Å²) in [6.45, 7) is 4.31. The fourth-order valence-electron chi connectivity index (χ4n) is 3.90. The van der Waals surface area contributed by atoms with Crippen molar-refractivity contribution < 1.29 is 9.30 Å². The van der Waals surface area contributed by atoms with E-state index in [1.165, 1.54) is 38.2 Å². The van der Waals surface area contributed by atoms with Gasteiger partial charge in [0.1, 0.15) is 12.8 Å². The third kappa shape index (κ3) is 1.68. The van der Waals surface area contributed by atoms with Crippen LogP contribution >= 0.6 is 0 Å². The van der Waals surface area contributed by atoms with Crippen molar-refractivity contribution in [2.24, 2.45) is 7.05 Å². The highest BCUT2D eigenvalue weighted by molar-refractivity contribution is 6.06. The quantitative estimate of drug-likeness (QED) is 0.358. The van der Waals surface area contributed by atoms with E-state index in [1.54, 1.807) is 0 Å². The van der Waals surface area contributed by atoms with Crippen LogP contribution in [-0.4, -0.2) is 0 Å². The lowest BCUT2D eigenvalue weighted by atomic mass is 9.92. The molecule has 3 aromatic carbocycles. The van der Waals surface area contributed by atoms with Gasteiger partial charge < -0.3 is 4.74 Å². The second-order valence-corrected chi connectivity index (χ2v) is 6.72. The minimum Gasteiger partial charge on any atom is -0.449 e. The van der Waals surface area contributed by atoms with Crippen LogP contribution in [0.2, 0.25) is 0 Å². The summed E-state index contributed by atoms with van der Waals surface area (Å²) in [6.07, 6.45) is 2.21. The standard InChI is InChI=1S/C22H18NO/c1-13-7-10-17-16(11-13)12-23(3)21-19-14(2)8-9-15-5-4-6-18(20(15)19)24-22(17)21/h4-12H,1-3H3/q+1. The second-order valence-electron chi connectivity index (χ2n) is 6.72. The van der Waals surface area contributed by atoms with Crippen molar-refractivity contribution in [1.82, 2.24) is 0 Å². The monoisotopic (exact) mass is 312 g/mol. The van der Waals surface area contributed by atoms with Crippen LogP contribution in [0.1, 0.15) is 11.1 Å². The van der Waals surface area contributed by atoms with Gasteiger partial charge in [-0.2, -0.15) is 4.57 Å². The Labute approximate surface area is 140 Å². The van der Waals surface area contributed by atoms with E-state index in [4.69, 9.17) is 4.74 Å². The Balaban J connectivity index is 2.01. The molecule has 0 atom stereocenters. The average molecular weight is 312 g/mol. The van der Waals surface area contributed by atoms with Gasteiger partial charge in [0.2, 0.25) is 5.75 Å². The summed E-state index contributed by atoms with van der Waals surface area (Å²) < 4.78 is 8.62. The smallest absolute Gasteiger partial charge is 0.257 e. The van der Waals surface area contributed by atoms with Gasteiger partial charge in [-0.05, 0) is 43.0 Å². The lowest BCUT2D eigenvalue weighted by molar-refractivity contribution is -0.659.